The molecule has 1 aromatic heterocycles. The summed E-state index contributed by atoms with van der Waals surface area (Å²) in [5.74, 6) is 3.51. The second kappa shape index (κ2) is 10.5. The fourth-order valence-electron chi connectivity index (χ4n) is 3.58. The Kier molecular flexibility index (Phi) is 7.08. The van der Waals surface area contributed by atoms with Crippen LogP contribution in [0.1, 0.15) is 24.2 Å². The molecule has 0 atom stereocenters. The minimum absolute atomic E-state index is 0.677. The largest absolute Gasteiger partial charge is 0.497 e. The van der Waals surface area contributed by atoms with E-state index in [-0.39, 0.29) is 0 Å². The predicted molar refractivity (Wildman–Crippen MR) is 129 cm³/mol. The lowest BCUT2D eigenvalue weighted by Crippen LogP contribution is -2.04. The highest BCUT2D eigenvalue weighted by Gasteiger charge is 2.08. The number of imidazole rings is 1. The van der Waals surface area contributed by atoms with Crippen LogP contribution in [0.5, 0.6) is 17.2 Å². The van der Waals surface area contributed by atoms with Crippen molar-refractivity contribution in [1.29, 1.82) is 0 Å². The Bertz CT molecular complexity index is 1160. The van der Waals surface area contributed by atoms with Crippen LogP contribution in [-0.4, -0.2) is 30.4 Å². The SMILES string of the molecule is COc1ccc(/C=C/c2nc3ccccc3n2CCCCOc2ccc(OC)cc2)cc1. The van der Waals surface area contributed by atoms with Gasteiger partial charge < -0.3 is 18.8 Å². The topological polar surface area (TPSA) is 45.5 Å². The highest BCUT2D eigenvalue weighted by molar-refractivity contribution is 5.79. The van der Waals surface area contributed by atoms with Crippen molar-refractivity contribution < 1.29 is 14.2 Å². The molecule has 0 bridgehead atoms. The van der Waals surface area contributed by atoms with Crippen LogP contribution in [-0.2, 0) is 6.54 Å². The minimum atomic E-state index is 0.677. The van der Waals surface area contributed by atoms with Gasteiger partial charge in [0.1, 0.15) is 23.1 Å². The number of hydrogen-bond donors (Lipinski definition) is 0. The van der Waals surface area contributed by atoms with Crippen molar-refractivity contribution in [3.63, 3.8) is 0 Å². The second-order valence-corrected chi connectivity index (χ2v) is 7.45. The molecule has 0 saturated heterocycles. The summed E-state index contributed by atoms with van der Waals surface area (Å²) >= 11 is 0. The van der Waals surface area contributed by atoms with Crippen molar-refractivity contribution in [3.8, 4) is 17.2 Å². The standard InChI is InChI=1S/C27H28N2O3/c1-30-22-12-9-21(10-13-22)11-18-27-28-25-7-3-4-8-26(25)29(27)19-5-6-20-32-24-16-14-23(31-2)15-17-24/h3-4,7-18H,5-6,19-20H2,1-2H3/b18-11+. The number of benzene rings is 3. The molecule has 4 aromatic rings. The number of aryl methyl sites for hydroxylation is 1. The molecule has 4 rings (SSSR count). The summed E-state index contributed by atoms with van der Waals surface area (Å²) in [7, 11) is 3.34. The number of aromatic nitrogens is 2. The van der Waals surface area contributed by atoms with Gasteiger partial charge >= 0.3 is 0 Å². The Morgan fingerprint density at radius 2 is 1.41 bits per heavy atom. The number of unbranched alkanes of at least 4 members (excludes halogenated alkanes) is 1. The number of fused-ring (bicyclic) bond motifs is 1. The van der Waals surface area contributed by atoms with Gasteiger partial charge in [0.05, 0.1) is 31.9 Å². The van der Waals surface area contributed by atoms with E-state index in [0.717, 1.165) is 59.1 Å². The van der Waals surface area contributed by atoms with Crippen LogP contribution in [0, 0.1) is 0 Å². The number of rotatable bonds is 10. The van der Waals surface area contributed by atoms with Gasteiger partial charge in [-0.1, -0.05) is 30.3 Å². The van der Waals surface area contributed by atoms with Crippen LogP contribution in [0.15, 0.2) is 72.8 Å². The first kappa shape index (κ1) is 21.5. The van der Waals surface area contributed by atoms with Crippen LogP contribution in [0.25, 0.3) is 23.2 Å². The Balaban J connectivity index is 1.40. The lowest BCUT2D eigenvalue weighted by atomic mass is 10.2. The summed E-state index contributed by atoms with van der Waals surface area (Å²) in [6, 6.07) is 24.0. The van der Waals surface area contributed by atoms with E-state index in [4.69, 9.17) is 19.2 Å². The molecule has 5 nitrogen and oxygen atoms in total. The summed E-state index contributed by atoms with van der Waals surface area (Å²) in [6.07, 6.45) is 6.12. The maximum absolute atomic E-state index is 5.86. The molecule has 5 heteroatoms. The molecule has 0 radical (unpaired) electrons. The first-order valence-electron chi connectivity index (χ1n) is 10.8. The molecule has 0 saturated carbocycles. The zero-order valence-electron chi connectivity index (χ0n) is 18.5. The van der Waals surface area contributed by atoms with Crippen LogP contribution < -0.4 is 14.2 Å². The molecule has 0 aliphatic carbocycles. The van der Waals surface area contributed by atoms with Crippen LogP contribution in [0.4, 0.5) is 0 Å². The molecule has 0 unspecified atom stereocenters. The predicted octanol–water partition coefficient (Wildman–Crippen LogP) is 6.08. The highest BCUT2D eigenvalue weighted by Crippen LogP contribution is 2.21. The van der Waals surface area contributed by atoms with Crippen molar-refractivity contribution in [3.05, 3.63) is 84.2 Å². The highest BCUT2D eigenvalue weighted by atomic mass is 16.5. The average Bonchev–Trinajstić information content (AvgIpc) is 3.20. The summed E-state index contributed by atoms with van der Waals surface area (Å²) in [6.45, 7) is 1.56. The zero-order chi connectivity index (χ0) is 22.2. The smallest absolute Gasteiger partial charge is 0.133 e. The number of methoxy groups -OCH3 is 2. The van der Waals surface area contributed by atoms with Gasteiger partial charge in [0.15, 0.2) is 0 Å². The average molecular weight is 429 g/mol. The van der Waals surface area contributed by atoms with E-state index in [2.05, 4.69) is 34.9 Å². The summed E-state index contributed by atoms with van der Waals surface area (Å²) in [5, 5.41) is 0. The van der Waals surface area contributed by atoms with E-state index in [1.54, 1.807) is 14.2 Å². The van der Waals surface area contributed by atoms with E-state index in [1.165, 1.54) is 0 Å². The molecular weight excluding hydrogens is 400 g/mol. The molecule has 164 valence electrons. The van der Waals surface area contributed by atoms with Crippen LogP contribution in [0.3, 0.4) is 0 Å². The maximum Gasteiger partial charge on any atom is 0.133 e. The normalized spacial score (nSPS) is 11.2. The van der Waals surface area contributed by atoms with Crippen LogP contribution >= 0.6 is 0 Å². The molecule has 32 heavy (non-hydrogen) atoms. The third-order valence-electron chi connectivity index (χ3n) is 5.33. The van der Waals surface area contributed by atoms with Crippen LogP contribution in [0.2, 0.25) is 0 Å². The second-order valence-electron chi connectivity index (χ2n) is 7.45. The Labute approximate surface area is 188 Å². The zero-order valence-corrected chi connectivity index (χ0v) is 18.5. The molecular formula is C27H28N2O3. The minimum Gasteiger partial charge on any atom is -0.497 e. The van der Waals surface area contributed by atoms with E-state index in [0.29, 0.717) is 6.61 Å². The molecule has 0 N–H and O–H groups in total. The molecule has 0 spiro atoms. The van der Waals surface area contributed by atoms with Gasteiger partial charge in [0.2, 0.25) is 0 Å². The molecule has 0 aliphatic rings. The molecule has 1 heterocycles. The van der Waals surface area contributed by atoms with Crippen molar-refractivity contribution in [2.24, 2.45) is 0 Å². The monoisotopic (exact) mass is 428 g/mol. The van der Waals surface area contributed by atoms with E-state index in [1.807, 2.05) is 54.6 Å². The van der Waals surface area contributed by atoms with E-state index in [9.17, 15) is 0 Å². The quantitative estimate of drug-likeness (QED) is 0.287. The third-order valence-corrected chi connectivity index (χ3v) is 5.33. The number of nitrogens with zero attached hydrogens (tertiary/aromatic N) is 2. The van der Waals surface area contributed by atoms with Gasteiger partial charge in [-0.05, 0) is 73.0 Å². The fraction of sp³-hybridized carbons (Fsp3) is 0.222. The van der Waals surface area contributed by atoms with Crippen molar-refractivity contribution in [2.45, 2.75) is 19.4 Å². The fourth-order valence-corrected chi connectivity index (χ4v) is 3.58. The summed E-state index contributed by atoms with van der Waals surface area (Å²) in [4.78, 5) is 4.83. The van der Waals surface area contributed by atoms with Gasteiger partial charge in [-0.15, -0.1) is 0 Å². The molecule has 3 aromatic carbocycles. The number of hydrogen-bond acceptors (Lipinski definition) is 4. The van der Waals surface area contributed by atoms with Gasteiger partial charge in [-0.25, -0.2) is 4.98 Å². The molecule has 0 amide bonds. The Morgan fingerprint density at radius 3 is 2.12 bits per heavy atom. The van der Waals surface area contributed by atoms with Crippen molar-refractivity contribution in [1.82, 2.24) is 9.55 Å². The number of ether oxygens (including phenoxy) is 3. The third kappa shape index (κ3) is 5.30. The molecule has 0 fully saturated rings. The van der Waals surface area contributed by atoms with Gasteiger partial charge in [0.25, 0.3) is 0 Å². The van der Waals surface area contributed by atoms with Crippen molar-refractivity contribution >= 4 is 23.2 Å². The van der Waals surface area contributed by atoms with Gasteiger partial charge in [-0.3, -0.25) is 0 Å². The Hall–Kier alpha value is -3.73. The lowest BCUT2D eigenvalue weighted by Gasteiger charge is -2.09. The summed E-state index contributed by atoms with van der Waals surface area (Å²) < 4.78 is 18.6. The van der Waals surface area contributed by atoms with E-state index < -0.39 is 0 Å². The Morgan fingerprint density at radius 1 is 0.750 bits per heavy atom. The lowest BCUT2D eigenvalue weighted by molar-refractivity contribution is 0.303. The van der Waals surface area contributed by atoms with Gasteiger partial charge in [-0.2, -0.15) is 0 Å². The first-order valence-corrected chi connectivity index (χ1v) is 10.8. The van der Waals surface area contributed by atoms with Crippen molar-refractivity contribution in [2.75, 3.05) is 20.8 Å². The first-order chi connectivity index (χ1) is 15.8. The van der Waals surface area contributed by atoms with E-state index >= 15 is 0 Å². The summed E-state index contributed by atoms with van der Waals surface area (Å²) in [5.41, 5.74) is 3.27. The number of para-hydroxylation sites is 2. The maximum atomic E-state index is 5.86. The molecule has 0 aliphatic heterocycles. The van der Waals surface area contributed by atoms with Gasteiger partial charge in [0, 0.05) is 6.54 Å².